The molecule has 0 atom stereocenters. The van der Waals surface area contributed by atoms with Crippen LogP contribution in [0.15, 0.2) is 54.9 Å². The molecule has 1 saturated heterocycles. The van der Waals surface area contributed by atoms with E-state index in [1.54, 1.807) is 49.7 Å². The summed E-state index contributed by atoms with van der Waals surface area (Å²) in [4.78, 5) is 29.0. The molecule has 0 spiro atoms. The van der Waals surface area contributed by atoms with Crippen LogP contribution < -0.4 is 9.64 Å². The van der Waals surface area contributed by atoms with Gasteiger partial charge in [-0.3, -0.25) is 9.48 Å². The first-order valence-corrected chi connectivity index (χ1v) is 15.5. The van der Waals surface area contributed by atoms with E-state index in [2.05, 4.69) is 5.10 Å². The number of carbonyl (C=O) groups is 2. The Balaban J connectivity index is 1.25. The molecule has 4 aromatic rings. The van der Waals surface area contributed by atoms with Gasteiger partial charge in [0.25, 0.3) is 5.91 Å². The number of rotatable bonds is 9. The number of halogens is 3. The van der Waals surface area contributed by atoms with Crippen LogP contribution in [0.4, 0.5) is 10.1 Å². The molecule has 1 aromatic heterocycles. The Labute approximate surface area is 274 Å². The van der Waals surface area contributed by atoms with Crippen molar-refractivity contribution in [2.24, 2.45) is 0 Å². The fourth-order valence-electron chi connectivity index (χ4n) is 5.73. The molecule has 46 heavy (non-hydrogen) atoms. The summed E-state index contributed by atoms with van der Waals surface area (Å²) in [5.74, 6) is -1.91. The number of hydrogen-bond donors (Lipinski definition) is 1. The summed E-state index contributed by atoms with van der Waals surface area (Å²) in [7, 11) is 1.65. The number of nitrogens with zero attached hydrogens (tertiary/aromatic N) is 4. The van der Waals surface area contributed by atoms with Gasteiger partial charge in [0.1, 0.15) is 11.6 Å². The van der Waals surface area contributed by atoms with Crippen molar-refractivity contribution in [1.29, 1.82) is 0 Å². The summed E-state index contributed by atoms with van der Waals surface area (Å²) in [5, 5.41) is 14.5. The Morgan fingerprint density at radius 2 is 1.83 bits per heavy atom. The van der Waals surface area contributed by atoms with Gasteiger partial charge < -0.3 is 29.1 Å². The molecule has 3 aromatic carbocycles. The van der Waals surface area contributed by atoms with Crippen LogP contribution in [0.2, 0.25) is 10.0 Å². The summed E-state index contributed by atoms with van der Waals surface area (Å²) in [6.07, 6.45) is 4.41. The lowest BCUT2D eigenvalue weighted by molar-refractivity contribution is 0.0516. The van der Waals surface area contributed by atoms with Crippen molar-refractivity contribution in [1.82, 2.24) is 14.7 Å². The Kier molecular flexibility index (Phi) is 9.46. The number of fused-ring (bicyclic) bond motifs is 1. The fourth-order valence-corrected chi connectivity index (χ4v) is 6.38. The summed E-state index contributed by atoms with van der Waals surface area (Å²) in [6, 6.07) is 11.2. The van der Waals surface area contributed by atoms with Gasteiger partial charge in [0.05, 0.1) is 52.8 Å². The van der Waals surface area contributed by atoms with Crippen LogP contribution in [-0.4, -0.2) is 78.4 Å². The van der Waals surface area contributed by atoms with E-state index >= 15 is 4.39 Å². The summed E-state index contributed by atoms with van der Waals surface area (Å²) in [5.41, 5.74) is 3.27. The fraction of sp³-hybridized carbons (Fsp3) is 0.303. The lowest BCUT2D eigenvalue weighted by atomic mass is 9.97. The first-order valence-electron chi connectivity index (χ1n) is 14.7. The Morgan fingerprint density at radius 3 is 2.54 bits per heavy atom. The second-order valence-corrected chi connectivity index (χ2v) is 11.8. The van der Waals surface area contributed by atoms with Gasteiger partial charge in [0.15, 0.2) is 6.73 Å². The SMILES string of the molecule is COCCCn1cc(-c2cc(Cl)c(C(=O)N3COc4c(cccc4-c4cc(N5CCOCC5)c(C(=O)O)cc4F)C3)c(Cl)c2)cn1. The third-order valence-corrected chi connectivity index (χ3v) is 8.62. The molecular formula is C33H31Cl2FN4O6. The van der Waals surface area contributed by atoms with Gasteiger partial charge in [-0.15, -0.1) is 0 Å². The van der Waals surface area contributed by atoms with Gasteiger partial charge in [-0.1, -0.05) is 41.4 Å². The Hall–Kier alpha value is -4.16. The topological polar surface area (TPSA) is 106 Å². The summed E-state index contributed by atoms with van der Waals surface area (Å²) < 4.78 is 33.9. The highest BCUT2D eigenvalue weighted by atomic mass is 35.5. The van der Waals surface area contributed by atoms with Crippen molar-refractivity contribution < 1.29 is 33.3 Å². The molecule has 0 saturated carbocycles. The standard InChI is InChI=1S/C33H31Cl2FN4O6/c1-44-9-3-6-40-18-22(16-37-40)21-12-26(34)30(27(35)13-21)32(41)39-17-20-4-2-5-23(31(20)46-19-39)24-15-29(38-7-10-45-11-8-38)25(33(42)43)14-28(24)36/h2,4-5,12-16,18H,3,6-11,17,19H2,1H3,(H,42,43). The largest absolute Gasteiger partial charge is 0.478 e. The van der Waals surface area contributed by atoms with E-state index in [4.69, 9.17) is 37.4 Å². The van der Waals surface area contributed by atoms with Crippen LogP contribution in [0.3, 0.4) is 0 Å². The number of benzene rings is 3. The highest BCUT2D eigenvalue weighted by molar-refractivity contribution is 6.40. The van der Waals surface area contributed by atoms with E-state index in [-0.39, 0.29) is 40.0 Å². The third kappa shape index (κ3) is 6.41. The maximum Gasteiger partial charge on any atom is 0.337 e. The molecule has 0 radical (unpaired) electrons. The molecule has 3 heterocycles. The van der Waals surface area contributed by atoms with E-state index in [1.165, 1.54) is 4.90 Å². The molecular weight excluding hydrogens is 638 g/mol. The van der Waals surface area contributed by atoms with Gasteiger partial charge in [-0.25, -0.2) is 9.18 Å². The number of carbonyl (C=O) groups excluding carboxylic acids is 1. The number of aromatic nitrogens is 2. The van der Waals surface area contributed by atoms with E-state index in [1.807, 2.05) is 15.8 Å². The van der Waals surface area contributed by atoms with Crippen molar-refractivity contribution in [3.63, 3.8) is 0 Å². The molecule has 2 aliphatic rings. The predicted molar refractivity (Wildman–Crippen MR) is 171 cm³/mol. The maximum atomic E-state index is 15.5. The molecule has 240 valence electrons. The van der Waals surface area contributed by atoms with Crippen LogP contribution in [0.5, 0.6) is 5.75 Å². The monoisotopic (exact) mass is 668 g/mol. The molecule has 2 aliphatic heterocycles. The quantitative estimate of drug-likeness (QED) is 0.209. The zero-order valence-electron chi connectivity index (χ0n) is 25.0. The number of aromatic carboxylic acids is 1. The molecule has 1 fully saturated rings. The molecule has 0 aliphatic carbocycles. The van der Waals surface area contributed by atoms with Gasteiger partial charge in [-0.05, 0) is 36.2 Å². The minimum absolute atomic E-state index is 0.124. The number of anilines is 1. The minimum atomic E-state index is -1.22. The summed E-state index contributed by atoms with van der Waals surface area (Å²) >= 11 is 13.3. The van der Waals surface area contributed by atoms with Crippen LogP contribution >= 0.6 is 23.2 Å². The normalized spacial score (nSPS) is 14.6. The van der Waals surface area contributed by atoms with Crippen LogP contribution in [0.25, 0.3) is 22.3 Å². The number of ether oxygens (including phenoxy) is 3. The number of carboxylic acids is 1. The lowest BCUT2D eigenvalue weighted by Crippen LogP contribution is -2.37. The zero-order valence-corrected chi connectivity index (χ0v) is 26.5. The molecule has 0 bridgehead atoms. The zero-order chi connectivity index (χ0) is 32.4. The van der Waals surface area contributed by atoms with Crippen molar-refractivity contribution in [2.45, 2.75) is 19.5 Å². The molecule has 10 nitrogen and oxygen atoms in total. The third-order valence-electron chi connectivity index (χ3n) is 8.03. The number of carboxylic acid groups (broad SMARTS) is 1. The second-order valence-electron chi connectivity index (χ2n) is 11.0. The smallest absolute Gasteiger partial charge is 0.337 e. The second kappa shape index (κ2) is 13.7. The Morgan fingerprint density at radius 1 is 1.07 bits per heavy atom. The van der Waals surface area contributed by atoms with Gasteiger partial charge in [0.2, 0.25) is 0 Å². The van der Waals surface area contributed by atoms with Gasteiger partial charge in [-0.2, -0.15) is 5.10 Å². The van der Waals surface area contributed by atoms with E-state index < -0.39 is 17.7 Å². The van der Waals surface area contributed by atoms with E-state index in [0.29, 0.717) is 62.0 Å². The lowest BCUT2D eigenvalue weighted by Gasteiger charge is -2.32. The Bertz CT molecular complexity index is 1770. The number of morpholine rings is 1. The number of aryl methyl sites for hydroxylation is 1. The molecule has 1 N–H and O–H groups in total. The number of para-hydroxylation sites is 1. The van der Waals surface area contributed by atoms with Gasteiger partial charge >= 0.3 is 5.97 Å². The highest BCUT2D eigenvalue weighted by Crippen LogP contribution is 2.41. The molecule has 1 amide bonds. The minimum Gasteiger partial charge on any atom is -0.478 e. The maximum absolute atomic E-state index is 15.5. The predicted octanol–water partition coefficient (Wildman–Crippen LogP) is 6.23. The average Bonchev–Trinajstić information content (AvgIpc) is 3.53. The highest BCUT2D eigenvalue weighted by Gasteiger charge is 2.30. The van der Waals surface area contributed by atoms with Gasteiger partial charge in [0, 0.05) is 61.8 Å². The van der Waals surface area contributed by atoms with Crippen LogP contribution in [0, 0.1) is 5.82 Å². The van der Waals surface area contributed by atoms with E-state index in [9.17, 15) is 14.7 Å². The van der Waals surface area contributed by atoms with Crippen molar-refractivity contribution in [3.05, 3.63) is 87.4 Å². The van der Waals surface area contributed by atoms with Crippen molar-refractivity contribution >= 4 is 40.8 Å². The van der Waals surface area contributed by atoms with Crippen LogP contribution in [-0.2, 0) is 22.6 Å². The van der Waals surface area contributed by atoms with Crippen molar-refractivity contribution in [3.8, 4) is 28.0 Å². The van der Waals surface area contributed by atoms with Crippen molar-refractivity contribution in [2.75, 3.05) is 51.7 Å². The number of hydrogen-bond acceptors (Lipinski definition) is 7. The molecule has 0 unspecified atom stereocenters. The first kappa shape index (κ1) is 31.8. The average molecular weight is 670 g/mol. The molecule has 13 heteroatoms. The van der Waals surface area contributed by atoms with Crippen LogP contribution in [0.1, 0.15) is 32.7 Å². The molecule has 6 rings (SSSR count). The number of methoxy groups -OCH3 is 1. The first-order chi connectivity index (χ1) is 22.2. The number of amides is 1. The van der Waals surface area contributed by atoms with E-state index in [0.717, 1.165) is 23.6 Å². The summed E-state index contributed by atoms with van der Waals surface area (Å²) in [6.45, 7) is 3.20.